The summed E-state index contributed by atoms with van der Waals surface area (Å²) in [6.07, 6.45) is 0. The Morgan fingerprint density at radius 3 is 1.27 bits per heavy atom. The van der Waals surface area contributed by atoms with Crippen molar-refractivity contribution < 1.29 is 17.6 Å². The lowest BCUT2D eigenvalue weighted by molar-refractivity contribution is 0.396. The molecule has 8 aromatic carbocycles. The molecule has 0 aromatic heterocycles. The highest BCUT2D eigenvalue weighted by Gasteiger charge is 2.46. The van der Waals surface area contributed by atoms with E-state index >= 15 is 0 Å². The molecular formula is C101H123Cl3F4N8. The molecule has 8 aliphatic heterocycles. The van der Waals surface area contributed by atoms with Crippen molar-refractivity contribution in [2.45, 2.75) is 190 Å². The van der Waals surface area contributed by atoms with E-state index in [2.05, 4.69) is 270 Å². The van der Waals surface area contributed by atoms with Crippen molar-refractivity contribution in [2.24, 2.45) is 47.3 Å². The number of nitrogens with one attached hydrogen (secondary N) is 8. The van der Waals surface area contributed by atoms with Gasteiger partial charge < -0.3 is 42.5 Å². The van der Waals surface area contributed by atoms with Gasteiger partial charge in [-0.25, -0.2) is 17.6 Å². The van der Waals surface area contributed by atoms with Crippen molar-refractivity contribution in [1.29, 1.82) is 0 Å². The van der Waals surface area contributed by atoms with Crippen molar-refractivity contribution in [1.82, 2.24) is 0 Å². The number of benzene rings is 8. The van der Waals surface area contributed by atoms with Crippen LogP contribution in [0.25, 0.3) is 0 Å². The van der Waals surface area contributed by atoms with Gasteiger partial charge >= 0.3 is 0 Å². The summed E-state index contributed by atoms with van der Waals surface area (Å²) in [5, 5.41) is 28.2. The van der Waals surface area contributed by atoms with Gasteiger partial charge in [0.1, 0.15) is 23.3 Å². The van der Waals surface area contributed by atoms with Crippen LogP contribution in [-0.2, 0) is 27.1 Å². The zero-order valence-electron chi connectivity index (χ0n) is 72.1. The molecule has 0 aliphatic carbocycles. The molecule has 116 heavy (non-hydrogen) atoms. The van der Waals surface area contributed by atoms with E-state index < -0.39 is 0 Å². The van der Waals surface area contributed by atoms with E-state index in [4.69, 9.17) is 34.8 Å². The lowest BCUT2D eigenvalue weighted by Gasteiger charge is -2.30. The van der Waals surface area contributed by atoms with Gasteiger partial charge in [0.15, 0.2) is 0 Å². The van der Waals surface area contributed by atoms with Crippen LogP contribution in [0.1, 0.15) is 208 Å². The van der Waals surface area contributed by atoms with Crippen LogP contribution in [-0.4, -0.2) is 0 Å². The van der Waals surface area contributed by atoms with Crippen molar-refractivity contribution in [3.63, 3.8) is 0 Å². The van der Waals surface area contributed by atoms with Crippen LogP contribution >= 0.6 is 34.8 Å². The summed E-state index contributed by atoms with van der Waals surface area (Å²) in [6.45, 7) is 77.8. The van der Waals surface area contributed by atoms with Crippen LogP contribution < -0.4 is 42.5 Å². The summed E-state index contributed by atoms with van der Waals surface area (Å²) >= 11 is 18.0. The minimum Gasteiger partial charge on any atom is -0.359 e. The summed E-state index contributed by atoms with van der Waals surface area (Å²) in [7, 11) is 0. The maximum Gasteiger partial charge on any atom is 0.146 e. The topological polar surface area (TPSA) is 96.2 Å². The first-order valence-electron chi connectivity index (χ1n) is 40.6. The Kier molecular flexibility index (Phi) is 28.0. The standard InChI is InChI=1S/4C13H16FN.C13H17N.3C12H14ClN/c1-8(2)13(4)9(3)15-12-6-5-10(14)7-11(12)13;1-8(2)13(4)9(3)15-12-7-10(14)5-6-11(12)13;1-8(2)13(4)9(3)15-11-7-5-6-10(14)12(11)13;1-8(2)13(4)9(3)15-12-10(13)6-5-7-11(12)14;1-9(2)13(4)10(3)14-12-8-6-5-7-11(12)13;1-7(2)12-8(3)14-11-5-4-9(13)6-10(11)12;1-7(2)12-8(3)14-11-6-9(13)4-5-10(11)12;1-7(2)11-8(3)14-12-9(11)5-4-6-10(12)13/h4*5-8,15H,3H2,1-2,4H3;5-9,14H,3H2,1-2,4H3;2*4-7,12,14H,3H2,1-2H3;4-7,11,14H,3H2,1-2H3/t5*13-;2*12-;11-/m00000000/s1. The highest BCUT2D eigenvalue weighted by atomic mass is 35.5. The summed E-state index contributed by atoms with van der Waals surface area (Å²) in [4.78, 5) is 0. The maximum atomic E-state index is 13.8. The molecule has 15 heteroatoms. The molecule has 8 nitrogen and oxygen atoms in total. The third kappa shape index (κ3) is 17.5. The van der Waals surface area contributed by atoms with Crippen LogP contribution in [0.5, 0.6) is 0 Å². The second-order valence-electron chi connectivity index (χ2n) is 35.3. The summed E-state index contributed by atoms with van der Waals surface area (Å²) in [6, 6.07) is 46.6. The largest absolute Gasteiger partial charge is 0.359 e. The lowest BCUT2D eigenvalue weighted by atomic mass is 9.73. The maximum absolute atomic E-state index is 13.8. The summed E-state index contributed by atoms with van der Waals surface area (Å²) in [5.74, 6) is 4.23. The first kappa shape index (κ1) is 90.6. The molecule has 0 saturated carbocycles. The van der Waals surface area contributed by atoms with Gasteiger partial charge in [0.25, 0.3) is 0 Å². The Morgan fingerprint density at radius 2 is 0.690 bits per heavy atom. The fourth-order valence-corrected chi connectivity index (χ4v) is 17.9. The minimum atomic E-state index is -0.305. The molecule has 8 aliphatic rings. The van der Waals surface area contributed by atoms with Gasteiger partial charge in [0.2, 0.25) is 0 Å². The van der Waals surface area contributed by atoms with Gasteiger partial charge in [-0.2, -0.15) is 0 Å². The number of anilines is 8. The zero-order chi connectivity index (χ0) is 86.1. The SMILES string of the molecule is C=C1Nc2c(Cl)cccc2[C@H]1C(C)C.C=C1Nc2c(F)cccc2[C@@]1(C)C(C)C.C=C1Nc2cc(Cl)ccc2[C@H]1C(C)C.C=C1Nc2cc(F)ccc2[C@@]1(C)C(C)C.C=C1Nc2ccc(Cl)cc2[C@H]1C(C)C.C=C1Nc2ccc(F)cc2[C@@]1(C)C(C)C.C=C1Nc2cccc(F)c2[C@@]1(C)C(C)C.C=C1Nc2ccccc2[C@@]1(C)C(C)C. The van der Waals surface area contributed by atoms with E-state index in [1.807, 2.05) is 67.6 Å². The van der Waals surface area contributed by atoms with Gasteiger partial charge in [-0.05, 0) is 212 Å². The Labute approximate surface area is 706 Å². The average Bonchev–Trinajstić information content (AvgIpc) is 2.19. The molecule has 8 aromatic rings. The average molecular weight is 1630 g/mol. The monoisotopic (exact) mass is 1630 g/mol. The van der Waals surface area contributed by atoms with Gasteiger partial charge in [-0.1, -0.05) is 259 Å². The number of hydrogen-bond acceptors (Lipinski definition) is 8. The van der Waals surface area contributed by atoms with Crippen LogP contribution in [0.15, 0.2) is 250 Å². The molecule has 8 N–H and O–H groups in total. The number of rotatable bonds is 8. The Hall–Kier alpha value is -9.33. The normalized spacial score (nSPS) is 22.7. The molecule has 0 spiro atoms. The Morgan fingerprint density at radius 1 is 0.293 bits per heavy atom. The van der Waals surface area contributed by atoms with Crippen LogP contribution in [0.4, 0.5) is 63.1 Å². The predicted molar refractivity (Wildman–Crippen MR) is 492 cm³/mol. The fraction of sp³-hybridized carbons (Fsp3) is 0.366. The third-order valence-corrected chi connectivity index (χ3v) is 26.9. The van der Waals surface area contributed by atoms with E-state index in [0.717, 1.165) is 117 Å². The first-order valence-corrected chi connectivity index (χ1v) is 41.7. The van der Waals surface area contributed by atoms with Gasteiger partial charge in [-0.15, -0.1) is 0 Å². The highest BCUT2D eigenvalue weighted by molar-refractivity contribution is 6.33. The molecule has 0 saturated heterocycles. The second kappa shape index (κ2) is 35.9. The van der Waals surface area contributed by atoms with Crippen molar-refractivity contribution in [3.05, 3.63) is 333 Å². The Bertz CT molecular complexity index is 5080. The molecule has 0 radical (unpaired) electrons. The summed E-state index contributed by atoms with van der Waals surface area (Å²) < 4.78 is 53.7. The molecule has 16 rings (SSSR count). The molecule has 8 heterocycles. The van der Waals surface area contributed by atoms with E-state index in [1.165, 1.54) is 58.3 Å². The fourth-order valence-electron chi connectivity index (χ4n) is 17.3. The van der Waals surface area contributed by atoms with Crippen LogP contribution in [0.2, 0.25) is 15.1 Å². The van der Waals surface area contributed by atoms with Crippen LogP contribution in [0.3, 0.4) is 0 Å². The number of para-hydroxylation sites is 3. The quantitative estimate of drug-likeness (QED) is 0.0713. The number of halogens is 7. The molecule has 616 valence electrons. The van der Waals surface area contributed by atoms with Crippen molar-refractivity contribution in [3.8, 4) is 0 Å². The van der Waals surface area contributed by atoms with E-state index in [0.29, 0.717) is 70.8 Å². The van der Waals surface area contributed by atoms with Crippen LogP contribution in [0, 0.1) is 70.6 Å². The predicted octanol–water partition coefficient (Wildman–Crippen LogP) is 30.3. The molecule has 8 atom stereocenters. The second-order valence-corrected chi connectivity index (χ2v) is 36.6. The number of hydrogen-bond donors (Lipinski definition) is 8. The molecule has 0 unspecified atom stereocenters. The first-order chi connectivity index (χ1) is 54.2. The molecular weight excluding hydrogens is 1510 g/mol. The van der Waals surface area contributed by atoms with Gasteiger partial charge in [-0.3, -0.25) is 0 Å². The smallest absolute Gasteiger partial charge is 0.146 e. The molecule has 0 fully saturated rings. The van der Waals surface area contributed by atoms with Gasteiger partial charge in [0, 0.05) is 140 Å². The Balaban J connectivity index is 0.000000152. The van der Waals surface area contributed by atoms with E-state index in [9.17, 15) is 17.6 Å². The molecule has 0 bridgehead atoms. The number of fused-ring (bicyclic) bond motifs is 8. The van der Waals surface area contributed by atoms with Gasteiger partial charge in [0.05, 0.1) is 16.4 Å². The zero-order valence-corrected chi connectivity index (χ0v) is 74.4. The van der Waals surface area contributed by atoms with Crippen molar-refractivity contribution >= 4 is 80.3 Å². The highest BCUT2D eigenvalue weighted by Crippen LogP contribution is 2.54. The third-order valence-electron chi connectivity index (χ3n) is 26.1. The van der Waals surface area contributed by atoms with Crippen molar-refractivity contribution in [2.75, 3.05) is 42.5 Å². The minimum absolute atomic E-state index is 0.0800. The van der Waals surface area contributed by atoms with E-state index in [-0.39, 0.29) is 50.3 Å². The molecule has 0 amide bonds. The summed E-state index contributed by atoms with van der Waals surface area (Å²) in [5.41, 5.74) is 24.4. The van der Waals surface area contributed by atoms with E-state index in [1.54, 1.807) is 24.3 Å². The lowest BCUT2D eigenvalue weighted by Crippen LogP contribution is -2.29. The number of allylic oxidation sites excluding steroid dienone is 8.